The molecule has 1 aromatic heterocycles. The van der Waals surface area contributed by atoms with Crippen LogP contribution in [0, 0.1) is 6.20 Å². The Morgan fingerprint density at radius 2 is 1.71 bits per heavy atom. The van der Waals surface area contributed by atoms with E-state index in [0.717, 1.165) is 33.7 Å². The Balaban J connectivity index is 0.00000169. The molecule has 2 aromatic carbocycles. The minimum absolute atomic E-state index is 0. The van der Waals surface area contributed by atoms with Gasteiger partial charge in [-0.1, -0.05) is 72.1 Å². The van der Waals surface area contributed by atoms with Gasteiger partial charge in [-0.3, -0.25) is 4.99 Å². The van der Waals surface area contributed by atoms with Crippen molar-refractivity contribution in [2.45, 2.75) is 6.54 Å². The summed E-state index contributed by atoms with van der Waals surface area (Å²) in [4.78, 5) is 16.5. The summed E-state index contributed by atoms with van der Waals surface area (Å²) in [6.45, 7) is 0.543. The summed E-state index contributed by atoms with van der Waals surface area (Å²) in [6.07, 6.45) is 3.08. The van der Waals surface area contributed by atoms with Crippen LogP contribution in [-0.4, -0.2) is 22.7 Å². The Bertz CT molecular complexity index is 958. The van der Waals surface area contributed by atoms with Crippen LogP contribution in [0.2, 0.25) is 0 Å². The van der Waals surface area contributed by atoms with Crippen molar-refractivity contribution in [2.75, 3.05) is 7.05 Å². The zero-order chi connectivity index (χ0) is 15.6. The molecule has 0 saturated carbocycles. The van der Waals surface area contributed by atoms with Gasteiger partial charge in [0.25, 0.3) is 0 Å². The summed E-state index contributed by atoms with van der Waals surface area (Å²) in [5.41, 5.74) is 6.83. The maximum absolute atomic E-state index is 4.83. The number of aliphatic imine (C=N–C) groups is 1. The first-order valence-corrected chi connectivity index (χ1v) is 7.50. The third-order valence-electron chi connectivity index (χ3n) is 3.94. The molecule has 0 atom stereocenters. The summed E-state index contributed by atoms with van der Waals surface area (Å²) < 4.78 is 0. The van der Waals surface area contributed by atoms with Crippen LogP contribution >= 0.6 is 0 Å². The Morgan fingerprint density at radius 1 is 1.00 bits per heavy atom. The van der Waals surface area contributed by atoms with Crippen molar-refractivity contribution >= 4 is 5.71 Å². The molecule has 0 saturated heterocycles. The molecule has 5 heteroatoms. The topological polar surface area (TPSA) is 53.4 Å². The largest absolute Gasteiger partial charge is 0.429 e. The van der Waals surface area contributed by atoms with Crippen molar-refractivity contribution in [1.82, 2.24) is 9.97 Å². The van der Waals surface area contributed by atoms with Gasteiger partial charge in [0.1, 0.15) is 5.62 Å². The molecule has 0 amide bonds. The third-order valence-corrected chi connectivity index (χ3v) is 3.94. The van der Waals surface area contributed by atoms with Crippen molar-refractivity contribution in [2.24, 2.45) is 9.98 Å². The molecule has 4 rings (SSSR count). The van der Waals surface area contributed by atoms with E-state index in [2.05, 4.69) is 45.4 Å². The Morgan fingerprint density at radius 3 is 2.46 bits per heavy atom. The molecule has 0 spiro atoms. The third kappa shape index (κ3) is 2.89. The minimum Gasteiger partial charge on any atom is -0.429 e. The second kappa shape index (κ2) is 7.04. The summed E-state index contributed by atoms with van der Waals surface area (Å²) >= 11 is 0. The first-order chi connectivity index (χ1) is 11.4. The number of H-pyrrole nitrogens is 1. The number of aromatic amines is 1. The molecule has 2 heterocycles. The van der Waals surface area contributed by atoms with Crippen molar-refractivity contribution in [3.8, 4) is 11.3 Å². The van der Waals surface area contributed by atoms with E-state index in [9.17, 15) is 0 Å². The van der Waals surface area contributed by atoms with E-state index in [0.29, 0.717) is 12.2 Å². The number of rotatable bonds is 1. The predicted molar refractivity (Wildman–Crippen MR) is 90.1 cm³/mol. The van der Waals surface area contributed by atoms with Crippen LogP contribution in [0.25, 0.3) is 11.3 Å². The van der Waals surface area contributed by atoms with Gasteiger partial charge < -0.3 is 15.0 Å². The Labute approximate surface area is 154 Å². The van der Waals surface area contributed by atoms with Gasteiger partial charge in [0.15, 0.2) is 0 Å². The molecule has 24 heavy (non-hydrogen) atoms. The Kier molecular flexibility index (Phi) is 4.84. The van der Waals surface area contributed by atoms with Crippen LogP contribution in [0.3, 0.4) is 0 Å². The fourth-order valence-electron chi connectivity index (χ4n) is 2.84. The van der Waals surface area contributed by atoms with E-state index in [4.69, 9.17) is 4.99 Å². The molecule has 3 aromatic rings. The van der Waals surface area contributed by atoms with E-state index in [1.165, 1.54) is 0 Å². The smallest absolute Gasteiger partial charge is 0.107 e. The molecule has 0 fully saturated rings. The Hall–Kier alpha value is -2.35. The number of nitrogens with zero attached hydrogens (tertiary/aromatic N) is 3. The molecular formula is C19H15N4Re-. The number of benzene rings is 2. The molecule has 119 valence electrons. The molecule has 4 nitrogen and oxygen atoms in total. The fraction of sp³-hybridized carbons (Fsp3) is 0.105. The van der Waals surface area contributed by atoms with Crippen molar-refractivity contribution in [1.29, 1.82) is 0 Å². The average Bonchev–Trinajstić information content (AvgIpc) is 2.79. The molecule has 0 aliphatic carbocycles. The van der Waals surface area contributed by atoms with E-state index >= 15 is 0 Å². The van der Waals surface area contributed by atoms with Crippen molar-refractivity contribution < 1.29 is 20.4 Å². The molecule has 0 unspecified atom stereocenters. The van der Waals surface area contributed by atoms with Crippen LogP contribution < -0.4 is 5.62 Å². The molecule has 1 radical (unpaired) electrons. The van der Waals surface area contributed by atoms with Gasteiger partial charge in [0.2, 0.25) is 0 Å². The van der Waals surface area contributed by atoms with Gasteiger partial charge in [0, 0.05) is 39.6 Å². The van der Waals surface area contributed by atoms with Gasteiger partial charge in [-0.15, -0.1) is 0 Å². The van der Waals surface area contributed by atoms with Crippen LogP contribution in [-0.2, 0) is 27.0 Å². The second-order valence-corrected chi connectivity index (χ2v) is 5.33. The fourth-order valence-corrected chi connectivity index (χ4v) is 2.84. The van der Waals surface area contributed by atoms with Gasteiger partial charge in [0.05, 0.1) is 5.71 Å². The zero-order valence-corrected chi connectivity index (χ0v) is 15.8. The summed E-state index contributed by atoms with van der Waals surface area (Å²) in [7, 11) is 1.72. The number of hydrogen-bond donors (Lipinski definition) is 1. The van der Waals surface area contributed by atoms with Gasteiger partial charge in [-0.05, 0) is 11.1 Å². The number of nitrogens with one attached hydrogen (secondary N) is 1. The van der Waals surface area contributed by atoms with Crippen LogP contribution in [0.1, 0.15) is 16.7 Å². The standard InChI is InChI=1S/C19H15N4.Re/c1-20-19-22-12-14-11-21-17(13-7-3-2-4-8-13)15-9-5-6-10-16(15)18(14)23-19;/h2-10H,11H2,1H3,(H,20,22,23);/q-1;. The number of aromatic nitrogens is 2. The normalized spacial score (nSPS) is 13.2. The maximum Gasteiger partial charge on any atom is 0.107 e. The second-order valence-electron chi connectivity index (χ2n) is 5.33. The number of fused-ring (bicyclic) bond motifs is 3. The van der Waals surface area contributed by atoms with E-state index in [-0.39, 0.29) is 20.4 Å². The molecule has 1 aliphatic rings. The molecule has 1 N–H and O–H groups in total. The minimum atomic E-state index is 0. The summed E-state index contributed by atoms with van der Waals surface area (Å²) in [5, 5.41) is 0. The van der Waals surface area contributed by atoms with Gasteiger partial charge in [-0.25, -0.2) is 0 Å². The van der Waals surface area contributed by atoms with Crippen LogP contribution in [0.15, 0.2) is 64.6 Å². The first kappa shape index (κ1) is 16.5. The van der Waals surface area contributed by atoms with Gasteiger partial charge >= 0.3 is 0 Å². The quantitative estimate of drug-likeness (QED) is 0.530. The summed E-state index contributed by atoms with van der Waals surface area (Å²) in [5.74, 6) is 0. The van der Waals surface area contributed by atoms with Crippen molar-refractivity contribution in [3.63, 3.8) is 0 Å². The predicted octanol–water partition coefficient (Wildman–Crippen LogP) is 2.76. The zero-order valence-electron chi connectivity index (χ0n) is 13.1. The first-order valence-electron chi connectivity index (χ1n) is 7.50. The monoisotopic (exact) mass is 486 g/mol. The molecule has 0 bridgehead atoms. The van der Waals surface area contributed by atoms with Crippen molar-refractivity contribution in [3.05, 3.63) is 83.1 Å². The molecular weight excluding hydrogens is 470 g/mol. The SMILES string of the molecule is CN=c1n[c-]c2c([nH]1)-c1ccccc1C(c1ccccc1)=NC2.[Re]. The number of hydrogen-bond acceptors (Lipinski definition) is 3. The maximum atomic E-state index is 4.83. The van der Waals surface area contributed by atoms with E-state index in [1.54, 1.807) is 7.05 Å². The van der Waals surface area contributed by atoms with Crippen LogP contribution in [0.5, 0.6) is 0 Å². The average molecular weight is 486 g/mol. The van der Waals surface area contributed by atoms with E-state index in [1.807, 2.05) is 30.3 Å². The summed E-state index contributed by atoms with van der Waals surface area (Å²) in [6, 6.07) is 18.5. The molecule has 1 aliphatic heterocycles. The van der Waals surface area contributed by atoms with Crippen LogP contribution in [0.4, 0.5) is 0 Å². The van der Waals surface area contributed by atoms with E-state index < -0.39 is 0 Å². The van der Waals surface area contributed by atoms with Gasteiger partial charge in [-0.2, -0.15) is 0 Å².